The van der Waals surface area contributed by atoms with Crippen molar-refractivity contribution in [3.63, 3.8) is 0 Å². The number of imide groups is 1. The van der Waals surface area contributed by atoms with Crippen molar-refractivity contribution in [1.82, 2.24) is 4.90 Å². The molecule has 0 radical (unpaired) electrons. The summed E-state index contributed by atoms with van der Waals surface area (Å²) >= 11 is 0. The van der Waals surface area contributed by atoms with Crippen molar-refractivity contribution < 1.29 is 18.8 Å². The fourth-order valence-corrected chi connectivity index (χ4v) is 4.58. The molecule has 0 unspecified atom stereocenters. The van der Waals surface area contributed by atoms with Crippen molar-refractivity contribution >= 4 is 29.1 Å². The van der Waals surface area contributed by atoms with Gasteiger partial charge in [-0.2, -0.15) is 0 Å². The van der Waals surface area contributed by atoms with Crippen LogP contribution in [0.25, 0.3) is 0 Å². The van der Waals surface area contributed by atoms with Gasteiger partial charge in [0, 0.05) is 17.8 Å². The van der Waals surface area contributed by atoms with Crippen LogP contribution in [0.15, 0.2) is 66.7 Å². The lowest BCUT2D eigenvalue weighted by molar-refractivity contribution is 0.0925. The second kappa shape index (κ2) is 9.43. The van der Waals surface area contributed by atoms with Crippen molar-refractivity contribution in [3.05, 3.63) is 94.8 Å². The fraction of sp³-hybridized carbons (Fsp3) is 0.250. The van der Waals surface area contributed by atoms with E-state index in [1.54, 1.807) is 0 Å². The van der Waals surface area contributed by atoms with E-state index in [-0.39, 0.29) is 28.3 Å². The molecule has 2 aliphatic heterocycles. The zero-order chi connectivity index (χ0) is 24.5. The molecule has 5 rings (SSSR count). The lowest BCUT2D eigenvalue weighted by Gasteiger charge is -2.30. The van der Waals surface area contributed by atoms with Crippen LogP contribution in [-0.2, 0) is 6.54 Å². The Labute approximate surface area is 203 Å². The van der Waals surface area contributed by atoms with Crippen LogP contribution in [-0.4, -0.2) is 35.7 Å². The van der Waals surface area contributed by atoms with Crippen molar-refractivity contribution in [2.45, 2.75) is 26.3 Å². The summed E-state index contributed by atoms with van der Waals surface area (Å²) in [5.74, 6) is -1.07. The Morgan fingerprint density at radius 3 is 2.26 bits per heavy atom. The summed E-state index contributed by atoms with van der Waals surface area (Å²) < 4.78 is 13.3. The molecule has 0 saturated carbocycles. The zero-order valence-corrected chi connectivity index (χ0v) is 19.5. The van der Waals surface area contributed by atoms with Crippen molar-refractivity contribution in [2.24, 2.45) is 5.92 Å². The van der Waals surface area contributed by atoms with Gasteiger partial charge in [0.2, 0.25) is 0 Å². The maximum absolute atomic E-state index is 13.3. The number of rotatable bonds is 5. The van der Waals surface area contributed by atoms with E-state index in [1.165, 1.54) is 60.9 Å². The van der Waals surface area contributed by atoms with Gasteiger partial charge in [-0.25, -0.2) is 9.29 Å². The van der Waals surface area contributed by atoms with Crippen molar-refractivity contribution in [3.8, 4) is 0 Å². The number of hydrogen-bond donors (Lipinski definition) is 1. The lowest BCUT2D eigenvalue weighted by atomic mass is 9.99. The van der Waals surface area contributed by atoms with Gasteiger partial charge in [0.25, 0.3) is 17.7 Å². The largest absolute Gasteiger partial charge is 0.322 e. The summed E-state index contributed by atoms with van der Waals surface area (Å²) in [5.41, 5.74) is 2.77. The van der Waals surface area contributed by atoms with Gasteiger partial charge in [0.15, 0.2) is 0 Å². The number of fused-ring (bicyclic) bond motifs is 1. The maximum atomic E-state index is 13.3. The number of likely N-dealkylation sites (tertiary alicyclic amines) is 1. The summed E-state index contributed by atoms with van der Waals surface area (Å²) in [6.45, 7) is 5.41. The number of benzene rings is 3. The highest BCUT2D eigenvalue weighted by atomic mass is 19.1. The van der Waals surface area contributed by atoms with E-state index in [0.717, 1.165) is 30.5 Å². The number of halogens is 1. The Bertz CT molecular complexity index is 1280. The van der Waals surface area contributed by atoms with E-state index < -0.39 is 17.6 Å². The first kappa shape index (κ1) is 22.9. The number of hydrogen-bond acceptors (Lipinski definition) is 4. The summed E-state index contributed by atoms with van der Waals surface area (Å²) in [5, 5.41) is 2.86. The van der Waals surface area contributed by atoms with Crippen LogP contribution in [0.4, 0.5) is 15.8 Å². The van der Waals surface area contributed by atoms with Gasteiger partial charge < -0.3 is 5.32 Å². The average molecular weight is 472 g/mol. The van der Waals surface area contributed by atoms with Crippen LogP contribution < -0.4 is 10.2 Å². The molecule has 0 aliphatic carbocycles. The topological polar surface area (TPSA) is 69.7 Å². The van der Waals surface area contributed by atoms with E-state index in [0.29, 0.717) is 5.69 Å². The number of nitrogens with zero attached hydrogens (tertiary/aromatic N) is 2. The van der Waals surface area contributed by atoms with E-state index in [9.17, 15) is 18.8 Å². The van der Waals surface area contributed by atoms with E-state index in [1.807, 2.05) is 24.3 Å². The Morgan fingerprint density at radius 1 is 0.914 bits per heavy atom. The van der Waals surface area contributed by atoms with Crippen molar-refractivity contribution in [2.75, 3.05) is 23.3 Å². The maximum Gasteiger partial charge on any atom is 0.266 e. The highest BCUT2D eigenvalue weighted by Crippen LogP contribution is 2.29. The van der Waals surface area contributed by atoms with Crippen LogP contribution in [0.1, 0.15) is 56.4 Å². The Kier molecular flexibility index (Phi) is 6.17. The van der Waals surface area contributed by atoms with Crippen LogP contribution in [0.3, 0.4) is 0 Å². The standard InChI is InChI=1S/C28H26FN3O3/c1-18-12-14-31(15-13-18)17-19-2-7-22(8-3-19)30-26(33)20-4-11-24-25(16-20)28(35)32(27(24)34)23-9-5-21(29)6-10-23/h2-11,16,18H,12-15,17H2,1H3,(H,30,33). The third-order valence-electron chi connectivity index (χ3n) is 6.73. The van der Waals surface area contributed by atoms with Crippen LogP contribution in [0.2, 0.25) is 0 Å². The normalized spacial score (nSPS) is 16.5. The molecule has 3 aromatic carbocycles. The van der Waals surface area contributed by atoms with Gasteiger partial charge >= 0.3 is 0 Å². The molecule has 1 saturated heterocycles. The summed E-state index contributed by atoms with van der Waals surface area (Å²) in [6.07, 6.45) is 2.45. The number of amides is 3. The molecule has 0 atom stereocenters. The number of anilines is 2. The molecule has 0 bridgehead atoms. The minimum atomic E-state index is -0.539. The fourth-order valence-electron chi connectivity index (χ4n) is 4.58. The molecule has 2 aliphatic rings. The lowest BCUT2D eigenvalue weighted by Crippen LogP contribution is -2.32. The predicted octanol–water partition coefficient (Wildman–Crippen LogP) is 5.11. The highest BCUT2D eigenvalue weighted by molar-refractivity contribution is 6.34. The van der Waals surface area contributed by atoms with Gasteiger partial charge in [-0.05, 0) is 92.0 Å². The molecule has 178 valence electrons. The quantitative estimate of drug-likeness (QED) is 0.525. The third kappa shape index (κ3) is 4.72. The SMILES string of the molecule is CC1CCN(Cc2ccc(NC(=O)c3ccc4c(c3)C(=O)N(c3ccc(F)cc3)C4=O)cc2)CC1. The molecule has 0 aromatic heterocycles. The molecule has 0 spiro atoms. The average Bonchev–Trinajstić information content (AvgIpc) is 3.11. The Morgan fingerprint density at radius 2 is 1.57 bits per heavy atom. The number of nitrogens with one attached hydrogen (secondary N) is 1. The van der Waals surface area contributed by atoms with Gasteiger partial charge in [-0.3, -0.25) is 19.3 Å². The number of piperidine rings is 1. The van der Waals surface area contributed by atoms with E-state index in [2.05, 4.69) is 17.1 Å². The van der Waals surface area contributed by atoms with Crippen LogP contribution in [0.5, 0.6) is 0 Å². The number of carbonyl (C=O) groups is 3. The second-order valence-electron chi connectivity index (χ2n) is 9.29. The smallest absolute Gasteiger partial charge is 0.266 e. The summed E-state index contributed by atoms with van der Waals surface area (Å²) in [4.78, 5) is 42.0. The predicted molar refractivity (Wildman–Crippen MR) is 132 cm³/mol. The molecule has 35 heavy (non-hydrogen) atoms. The minimum absolute atomic E-state index is 0.151. The first-order valence-electron chi connectivity index (χ1n) is 11.8. The summed E-state index contributed by atoms with van der Waals surface area (Å²) in [6, 6.07) is 17.3. The minimum Gasteiger partial charge on any atom is -0.322 e. The molecule has 2 heterocycles. The monoisotopic (exact) mass is 471 g/mol. The van der Waals surface area contributed by atoms with Gasteiger partial charge in [0.1, 0.15) is 5.82 Å². The first-order valence-corrected chi connectivity index (χ1v) is 11.8. The molecule has 3 amide bonds. The van der Waals surface area contributed by atoms with E-state index >= 15 is 0 Å². The van der Waals surface area contributed by atoms with Gasteiger partial charge in [-0.1, -0.05) is 19.1 Å². The number of carbonyl (C=O) groups excluding carboxylic acids is 3. The van der Waals surface area contributed by atoms with E-state index in [4.69, 9.17) is 0 Å². The first-order chi connectivity index (χ1) is 16.9. The molecular formula is C28H26FN3O3. The zero-order valence-electron chi connectivity index (χ0n) is 19.5. The Balaban J connectivity index is 1.26. The Hall–Kier alpha value is -3.84. The molecule has 3 aromatic rings. The summed E-state index contributed by atoms with van der Waals surface area (Å²) in [7, 11) is 0. The third-order valence-corrected chi connectivity index (χ3v) is 6.73. The van der Waals surface area contributed by atoms with Crippen molar-refractivity contribution in [1.29, 1.82) is 0 Å². The van der Waals surface area contributed by atoms with Gasteiger partial charge in [0.05, 0.1) is 16.8 Å². The van der Waals surface area contributed by atoms with Gasteiger partial charge in [-0.15, -0.1) is 0 Å². The highest BCUT2D eigenvalue weighted by Gasteiger charge is 2.37. The molecular weight excluding hydrogens is 445 g/mol. The molecule has 1 fully saturated rings. The molecule has 7 heteroatoms. The van der Waals surface area contributed by atoms with Crippen LogP contribution >= 0.6 is 0 Å². The second-order valence-corrected chi connectivity index (χ2v) is 9.29. The molecule has 6 nitrogen and oxygen atoms in total. The molecule has 1 N–H and O–H groups in total. The van der Waals surface area contributed by atoms with Crippen LogP contribution in [0, 0.1) is 11.7 Å².